The lowest BCUT2D eigenvalue weighted by Gasteiger charge is -2.16. The maximum absolute atomic E-state index is 13.3. The Morgan fingerprint density at radius 1 is 1.03 bits per heavy atom. The number of nitrogens with zero attached hydrogens (tertiary/aromatic N) is 1. The summed E-state index contributed by atoms with van der Waals surface area (Å²) < 4.78 is 18.1. The lowest BCUT2D eigenvalue weighted by atomic mass is 9.97. The van der Waals surface area contributed by atoms with E-state index in [2.05, 4.69) is 0 Å². The van der Waals surface area contributed by atoms with E-state index < -0.39 is 29.4 Å². The van der Waals surface area contributed by atoms with Crippen molar-refractivity contribution in [1.82, 2.24) is 5.06 Å². The van der Waals surface area contributed by atoms with Crippen LogP contribution in [-0.2, 0) is 30.6 Å². The van der Waals surface area contributed by atoms with Gasteiger partial charge in [0.1, 0.15) is 12.4 Å². The molecule has 2 aromatic rings. The van der Waals surface area contributed by atoms with Gasteiger partial charge < -0.3 is 4.74 Å². The molecular weight excluding hydrogens is 429 g/mol. The van der Waals surface area contributed by atoms with Gasteiger partial charge in [0.2, 0.25) is 0 Å². The Hall–Kier alpha value is -3.91. The van der Waals surface area contributed by atoms with E-state index in [1.54, 1.807) is 37.3 Å². The summed E-state index contributed by atoms with van der Waals surface area (Å²) in [6.07, 6.45) is 4.52. The molecule has 2 amide bonds. The number of esters is 1. The summed E-state index contributed by atoms with van der Waals surface area (Å²) in [5, 5.41) is 0.684. The first kappa shape index (κ1) is 22.3. The number of imide groups is 1. The third-order valence-electron chi connectivity index (χ3n) is 5.37. The van der Waals surface area contributed by atoms with Crippen LogP contribution in [0.2, 0.25) is 0 Å². The highest BCUT2D eigenvalue weighted by atomic mass is 19.1. The van der Waals surface area contributed by atoms with Crippen LogP contribution in [0.1, 0.15) is 35.7 Å². The SMILES string of the molecule is CCOC(=O)C(=O)c1ccc(-c2ccc(F)cc2)cc1CON1C(=O)C2=C(CCC=C2)C1=O. The Labute approximate surface area is 189 Å². The summed E-state index contributed by atoms with van der Waals surface area (Å²) in [7, 11) is 0. The van der Waals surface area contributed by atoms with Gasteiger partial charge in [-0.1, -0.05) is 30.4 Å². The van der Waals surface area contributed by atoms with Crippen molar-refractivity contribution in [2.45, 2.75) is 26.4 Å². The molecule has 1 aliphatic carbocycles. The van der Waals surface area contributed by atoms with Crippen LogP contribution in [-0.4, -0.2) is 35.2 Å². The number of ketones is 1. The number of hydrogen-bond acceptors (Lipinski definition) is 6. The number of carbonyl (C=O) groups is 4. The van der Waals surface area contributed by atoms with E-state index in [0.29, 0.717) is 40.2 Å². The maximum atomic E-state index is 13.3. The van der Waals surface area contributed by atoms with E-state index in [9.17, 15) is 23.6 Å². The minimum atomic E-state index is -1.02. The van der Waals surface area contributed by atoms with Gasteiger partial charge in [-0.2, -0.15) is 0 Å². The van der Waals surface area contributed by atoms with Gasteiger partial charge in [0, 0.05) is 11.1 Å². The lowest BCUT2D eigenvalue weighted by Crippen LogP contribution is -2.32. The normalized spacial score (nSPS) is 15.2. The van der Waals surface area contributed by atoms with Crippen LogP contribution in [0, 0.1) is 5.82 Å². The third kappa shape index (κ3) is 4.38. The highest BCUT2D eigenvalue weighted by Gasteiger charge is 2.39. The lowest BCUT2D eigenvalue weighted by molar-refractivity contribution is -0.190. The molecule has 1 aliphatic heterocycles. The number of ether oxygens (including phenoxy) is 1. The molecule has 1 heterocycles. The highest BCUT2D eigenvalue weighted by Crippen LogP contribution is 2.30. The molecule has 0 unspecified atom stereocenters. The second-order valence-electron chi connectivity index (χ2n) is 7.44. The van der Waals surface area contributed by atoms with Crippen molar-refractivity contribution in [3.05, 3.63) is 82.7 Å². The molecule has 8 heteroatoms. The number of benzene rings is 2. The largest absolute Gasteiger partial charge is 0.460 e. The molecule has 0 saturated carbocycles. The van der Waals surface area contributed by atoms with Gasteiger partial charge >= 0.3 is 5.97 Å². The van der Waals surface area contributed by atoms with Crippen molar-refractivity contribution in [3.8, 4) is 11.1 Å². The predicted octanol–water partition coefficient (Wildman–Crippen LogP) is 3.69. The van der Waals surface area contributed by atoms with E-state index in [1.165, 1.54) is 18.2 Å². The van der Waals surface area contributed by atoms with Crippen LogP contribution < -0.4 is 0 Å². The van der Waals surface area contributed by atoms with Gasteiger partial charge in [0.25, 0.3) is 17.6 Å². The Morgan fingerprint density at radius 2 is 1.76 bits per heavy atom. The number of halogens is 1. The molecule has 33 heavy (non-hydrogen) atoms. The number of amides is 2. The second-order valence-corrected chi connectivity index (χ2v) is 7.44. The van der Waals surface area contributed by atoms with Crippen LogP contribution in [0.15, 0.2) is 65.8 Å². The average molecular weight is 449 g/mol. The summed E-state index contributed by atoms with van der Waals surface area (Å²) in [6, 6.07) is 10.4. The van der Waals surface area contributed by atoms with Gasteiger partial charge in [-0.05, 0) is 60.7 Å². The first-order chi connectivity index (χ1) is 15.9. The standard InChI is InChI=1S/C25H20FNO6/c1-2-32-25(31)22(28)19-12-9-16(15-7-10-18(26)11-8-15)13-17(19)14-33-27-23(29)20-5-3-4-6-21(20)24(27)30/h3,5,7-13H,2,4,6,14H2,1H3. The molecule has 2 aliphatic rings. The van der Waals surface area contributed by atoms with Crippen LogP contribution in [0.3, 0.4) is 0 Å². The zero-order chi connectivity index (χ0) is 23.5. The van der Waals surface area contributed by atoms with Crippen molar-refractivity contribution in [3.63, 3.8) is 0 Å². The summed E-state index contributed by atoms with van der Waals surface area (Å²) in [5.41, 5.74) is 2.29. The summed E-state index contributed by atoms with van der Waals surface area (Å²) in [6.45, 7) is 1.30. The molecule has 7 nitrogen and oxygen atoms in total. The highest BCUT2D eigenvalue weighted by molar-refractivity contribution is 6.41. The summed E-state index contributed by atoms with van der Waals surface area (Å²) >= 11 is 0. The second kappa shape index (κ2) is 9.30. The van der Waals surface area contributed by atoms with Gasteiger partial charge in [-0.3, -0.25) is 19.2 Å². The van der Waals surface area contributed by atoms with Crippen LogP contribution in [0.5, 0.6) is 0 Å². The molecule has 0 saturated heterocycles. The first-order valence-electron chi connectivity index (χ1n) is 10.4. The van der Waals surface area contributed by atoms with Crippen molar-refractivity contribution >= 4 is 23.6 Å². The topological polar surface area (TPSA) is 90.0 Å². The zero-order valence-corrected chi connectivity index (χ0v) is 17.8. The molecule has 0 atom stereocenters. The van der Waals surface area contributed by atoms with Gasteiger partial charge in [-0.25, -0.2) is 9.18 Å². The molecule has 0 radical (unpaired) electrons. The van der Waals surface area contributed by atoms with E-state index >= 15 is 0 Å². The maximum Gasteiger partial charge on any atom is 0.379 e. The Balaban J connectivity index is 1.63. The molecule has 0 N–H and O–H groups in total. The van der Waals surface area contributed by atoms with Crippen molar-refractivity contribution in [2.24, 2.45) is 0 Å². The molecule has 2 aromatic carbocycles. The molecule has 0 bridgehead atoms. The summed E-state index contributed by atoms with van der Waals surface area (Å²) in [4.78, 5) is 55.4. The molecule has 168 valence electrons. The quantitative estimate of drug-likeness (QED) is 0.277. The fraction of sp³-hybridized carbons (Fsp3) is 0.200. The molecular formula is C25H20FNO6. The van der Waals surface area contributed by atoms with Crippen molar-refractivity contribution in [1.29, 1.82) is 0 Å². The first-order valence-corrected chi connectivity index (χ1v) is 10.4. The van der Waals surface area contributed by atoms with Gasteiger partial charge in [0.05, 0.1) is 12.2 Å². The number of Topliss-reactive ketones (excluding diaryl/α,β-unsaturated/α-hetero) is 1. The van der Waals surface area contributed by atoms with E-state index in [0.717, 1.165) is 0 Å². The predicted molar refractivity (Wildman–Crippen MR) is 115 cm³/mol. The minimum absolute atomic E-state index is 0.0241. The third-order valence-corrected chi connectivity index (χ3v) is 5.37. The zero-order valence-electron chi connectivity index (χ0n) is 17.8. The van der Waals surface area contributed by atoms with E-state index in [1.807, 2.05) is 6.08 Å². The monoisotopic (exact) mass is 449 g/mol. The Bertz CT molecular complexity index is 1210. The summed E-state index contributed by atoms with van der Waals surface area (Å²) in [5.74, 6) is -3.40. The Morgan fingerprint density at radius 3 is 2.45 bits per heavy atom. The van der Waals surface area contributed by atoms with Crippen LogP contribution in [0.25, 0.3) is 11.1 Å². The fourth-order valence-electron chi connectivity index (χ4n) is 3.73. The fourth-order valence-corrected chi connectivity index (χ4v) is 3.73. The van der Waals surface area contributed by atoms with Crippen LogP contribution >= 0.6 is 0 Å². The van der Waals surface area contributed by atoms with Gasteiger partial charge in [0.15, 0.2) is 0 Å². The van der Waals surface area contributed by atoms with Crippen molar-refractivity contribution in [2.75, 3.05) is 6.61 Å². The number of hydrogen-bond donors (Lipinski definition) is 0. The van der Waals surface area contributed by atoms with Crippen LogP contribution in [0.4, 0.5) is 4.39 Å². The minimum Gasteiger partial charge on any atom is -0.460 e. The molecule has 4 rings (SSSR count). The molecule has 0 aromatic heterocycles. The van der Waals surface area contributed by atoms with Gasteiger partial charge in [-0.15, -0.1) is 5.06 Å². The number of allylic oxidation sites excluding steroid dienone is 1. The smallest absolute Gasteiger partial charge is 0.379 e. The van der Waals surface area contributed by atoms with E-state index in [-0.39, 0.29) is 24.3 Å². The number of carbonyl (C=O) groups excluding carboxylic acids is 4. The Kier molecular flexibility index (Phi) is 6.28. The molecule has 0 spiro atoms. The number of rotatable bonds is 7. The van der Waals surface area contributed by atoms with Crippen molar-refractivity contribution < 1.29 is 33.1 Å². The molecule has 0 fully saturated rings. The average Bonchev–Trinajstić information content (AvgIpc) is 3.07. The number of hydroxylamine groups is 2. The van der Waals surface area contributed by atoms with E-state index in [4.69, 9.17) is 9.57 Å².